The fourth-order valence-corrected chi connectivity index (χ4v) is 2.06. The maximum Gasteiger partial charge on any atom is 0.418 e. The minimum absolute atomic E-state index is 0.312. The molecule has 19 heavy (non-hydrogen) atoms. The lowest BCUT2D eigenvalue weighted by molar-refractivity contribution is -0.142. The molecule has 1 aromatic heterocycles. The van der Waals surface area contributed by atoms with Crippen molar-refractivity contribution in [2.75, 3.05) is 7.11 Å². The van der Waals surface area contributed by atoms with E-state index in [9.17, 15) is 26.7 Å². The normalized spacial score (nSPS) is 11.8. The van der Waals surface area contributed by atoms with Gasteiger partial charge in [-0.15, -0.1) is 0 Å². The molecule has 0 aromatic carbocycles. The summed E-state index contributed by atoms with van der Waals surface area (Å²) < 4.78 is 68.1. The van der Waals surface area contributed by atoms with Gasteiger partial charge < -0.3 is 4.74 Å². The summed E-state index contributed by atoms with van der Waals surface area (Å²) in [7, 11) is 0.982. The Morgan fingerprint density at radius 1 is 1.47 bits per heavy atom. The van der Waals surface area contributed by atoms with Gasteiger partial charge in [0.15, 0.2) is 0 Å². The molecule has 0 spiro atoms. The molecule has 0 aliphatic rings. The van der Waals surface area contributed by atoms with Gasteiger partial charge in [0.1, 0.15) is 0 Å². The zero-order valence-electron chi connectivity index (χ0n) is 9.39. The molecule has 1 rings (SSSR count). The van der Waals surface area contributed by atoms with Crippen LogP contribution in [0, 0.1) is 3.57 Å². The van der Waals surface area contributed by atoms with E-state index in [4.69, 9.17) is 0 Å². The molecule has 1 heterocycles. The Balaban J connectivity index is 3.48. The second-order valence-electron chi connectivity index (χ2n) is 3.39. The maximum atomic E-state index is 12.9. The number of methoxy groups -OCH3 is 1. The highest BCUT2D eigenvalue weighted by atomic mass is 127. The van der Waals surface area contributed by atoms with Crippen LogP contribution in [-0.2, 0) is 22.1 Å². The van der Waals surface area contributed by atoms with Gasteiger partial charge in [-0.2, -0.15) is 13.2 Å². The number of nitrogens with zero attached hydrogens (tertiary/aromatic N) is 1. The van der Waals surface area contributed by atoms with Gasteiger partial charge in [-0.05, 0) is 22.6 Å². The van der Waals surface area contributed by atoms with Crippen LogP contribution in [0.5, 0.6) is 0 Å². The lowest BCUT2D eigenvalue weighted by Crippen LogP contribution is -2.19. The lowest BCUT2D eigenvalue weighted by Gasteiger charge is -2.17. The zero-order chi connectivity index (χ0) is 14.8. The van der Waals surface area contributed by atoms with Gasteiger partial charge in [-0.3, -0.25) is 9.78 Å². The number of hydrogen-bond donors (Lipinski definition) is 0. The first kappa shape index (κ1) is 16.1. The monoisotopic (exact) mass is 395 g/mol. The highest BCUT2D eigenvalue weighted by Crippen LogP contribution is 2.40. The average molecular weight is 395 g/mol. The Labute approximate surface area is 118 Å². The summed E-state index contributed by atoms with van der Waals surface area (Å²) in [4.78, 5) is 14.4. The van der Waals surface area contributed by atoms with Crippen LogP contribution in [0.1, 0.15) is 23.2 Å². The fraction of sp³-hybridized carbons (Fsp3) is 0.400. The fourth-order valence-electron chi connectivity index (χ4n) is 1.42. The third-order valence-corrected chi connectivity index (χ3v) is 3.05. The number of alkyl halides is 5. The highest BCUT2D eigenvalue weighted by Gasteiger charge is 2.40. The molecule has 0 amide bonds. The van der Waals surface area contributed by atoms with Crippen molar-refractivity contribution in [3.63, 3.8) is 0 Å². The topological polar surface area (TPSA) is 39.2 Å². The Morgan fingerprint density at radius 2 is 2.05 bits per heavy atom. The molecule has 3 nitrogen and oxygen atoms in total. The molecule has 0 saturated heterocycles. The Bertz CT molecular complexity index is 490. The van der Waals surface area contributed by atoms with E-state index in [0.717, 1.165) is 13.3 Å². The van der Waals surface area contributed by atoms with Crippen molar-refractivity contribution in [1.29, 1.82) is 0 Å². The van der Waals surface area contributed by atoms with Gasteiger partial charge in [0, 0.05) is 15.3 Å². The summed E-state index contributed by atoms with van der Waals surface area (Å²) in [5.41, 5.74) is -3.50. The molecule has 0 aliphatic carbocycles. The van der Waals surface area contributed by atoms with Crippen molar-refractivity contribution < 1.29 is 31.5 Å². The van der Waals surface area contributed by atoms with Gasteiger partial charge in [0.05, 0.1) is 24.8 Å². The Hall–Kier alpha value is -1.00. The van der Waals surface area contributed by atoms with Gasteiger partial charge in [-0.25, -0.2) is 8.78 Å². The minimum Gasteiger partial charge on any atom is -0.469 e. The predicted octanol–water partition coefficient (Wildman–Crippen LogP) is 3.36. The zero-order valence-corrected chi connectivity index (χ0v) is 11.6. The number of esters is 1. The van der Waals surface area contributed by atoms with E-state index in [-0.39, 0.29) is 3.57 Å². The number of aromatic nitrogens is 1. The molecule has 0 unspecified atom stereocenters. The van der Waals surface area contributed by atoms with E-state index in [1.165, 1.54) is 22.6 Å². The molecule has 0 atom stereocenters. The van der Waals surface area contributed by atoms with Crippen molar-refractivity contribution in [3.8, 4) is 0 Å². The SMILES string of the molecule is COC(=O)Cc1ncc(I)c(C(F)F)c1C(F)(F)F. The van der Waals surface area contributed by atoms with Gasteiger partial charge in [-0.1, -0.05) is 0 Å². The molecule has 9 heteroatoms. The molecule has 0 saturated carbocycles. The van der Waals surface area contributed by atoms with E-state index in [1.807, 2.05) is 0 Å². The molecular weight excluding hydrogens is 388 g/mol. The van der Waals surface area contributed by atoms with Gasteiger partial charge in [0.25, 0.3) is 6.43 Å². The molecule has 0 N–H and O–H groups in total. The van der Waals surface area contributed by atoms with Crippen LogP contribution in [0.15, 0.2) is 6.20 Å². The largest absolute Gasteiger partial charge is 0.469 e. The van der Waals surface area contributed by atoms with Crippen molar-refractivity contribution >= 4 is 28.6 Å². The Morgan fingerprint density at radius 3 is 2.47 bits per heavy atom. The minimum atomic E-state index is -5.02. The van der Waals surface area contributed by atoms with Crippen LogP contribution in [0.2, 0.25) is 0 Å². The quantitative estimate of drug-likeness (QED) is 0.448. The average Bonchev–Trinajstić information content (AvgIpc) is 2.28. The van der Waals surface area contributed by atoms with Crippen molar-refractivity contribution in [1.82, 2.24) is 4.98 Å². The van der Waals surface area contributed by atoms with Gasteiger partial charge >= 0.3 is 12.1 Å². The second kappa shape index (κ2) is 5.97. The molecule has 0 aliphatic heterocycles. The van der Waals surface area contributed by atoms with Gasteiger partial charge in [0.2, 0.25) is 0 Å². The number of carbonyl (C=O) groups is 1. The number of pyridine rings is 1. The smallest absolute Gasteiger partial charge is 0.418 e. The highest BCUT2D eigenvalue weighted by molar-refractivity contribution is 14.1. The summed E-state index contributed by atoms with van der Waals surface area (Å²) in [6, 6.07) is 0. The van der Waals surface area contributed by atoms with E-state index < -0.39 is 41.8 Å². The van der Waals surface area contributed by atoms with Crippen molar-refractivity contribution in [2.45, 2.75) is 19.0 Å². The van der Waals surface area contributed by atoms with Crippen LogP contribution in [0.25, 0.3) is 0 Å². The lowest BCUT2D eigenvalue weighted by atomic mass is 10.0. The summed E-state index contributed by atoms with van der Waals surface area (Å²) >= 11 is 1.34. The van der Waals surface area contributed by atoms with Crippen molar-refractivity contribution in [2.24, 2.45) is 0 Å². The van der Waals surface area contributed by atoms with E-state index in [2.05, 4.69) is 9.72 Å². The first-order chi connectivity index (χ1) is 8.68. The second-order valence-corrected chi connectivity index (χ2v) is 4.56. The molecule has 0 fully saturated rings. The molecule has 106 valence electrons. The number of carbonyl (C=O) groups excluding carboxylic acids is 1. The van der Waals surface area contributed by atoms with Crippen LogP contribution in [0.4, 0.5) is 22.0 Å². The van der Waals surface area contributed by atoms with E-state index in [0.29, 0.717) is 0 Å². The standard InChI is InChI=1S/C10H7F5INO2/c1-19-6(18)2-5-8(10(13,14)15)7(9(11)12)4(16)3-17-5/h3,9H,2H2,1H3. The third-order valence-electron chi connectivity index (χ3n) is 2.19. The molecular formula is C10H7F5INO2. The number of halogens is 6. The van der Waals surface area contributed by atoms with E-state index >= 15 is 0 Å². The van der Waals surface area contributed by atoms with Crippen LogP contribution >= 0.6 is 22.6 Å². The number of ether oxygens (including phenoxy) is 1. The predicted molar refractivity (Wildman–Crippen MR) is 62.6 cm³/mol. The number of hydrogen-bond acceptors (Lipinski definition) is 3. The first-order valence-corrected chi connectivity index (χ1v) is 5.85. The van der Waals surface area contributed by atoms with Crippen LogP contribution in [-0.4, -0.2) is 18.1 Å². The third kappa shape index (κ3) is 3.74. The summed E-state index contributed by atoms with van der Waals surface area (Å²) in [5, 5.41) is 0. The molecule has 1 aromatic rings. The van der Waals surface area contributed by atoms with Crippen LogP contribution < -0.4 is 0 Å². The summed E-state index contributed by atoms with van der Waals surface area (Å²) in [6.07, 6.45) is -8.29. The summed E-state index contributed by atoms with van der Waals surface area (Å²) in [6.45, 7) is 0. The van der Waals surface area contributed by atoms with E-state index in [1.54, 1.807) is 0 Å². The number of rotatable bonds is 3. The maximum absolute atomic E-state index is 12.9. The summed E-state index contributed by atoms with van der Waals surface area (Å²) in [5.74, 6) is -0.987. The first-order valence-electron chi connectivity index (χ1n) is 4.78. The molecule has 0 bridgehead atoms. The van der Waals surface area contributed by atoms with Crippen LogP contribution in [0.3, 0.4) is 0 Å². The molecule has 0 radical (unpaired) electrons. The Kier molecular flexibility index (Phi) is 5.04. The van der Waals surface area contributed by atoms with Crippen molar-refractivity contribution in [3.05, 3.63) is 26.6 Å².